The molecule has 5 nitrogen and oxygen atoms in total. The van der Waals surface area contributed by atoms with Crippen LogP contribution in [0.2, 0.25) is 0 Å². The highest BCUT2D eigenvalue weighted by atomic mass is 19.1. The lowest BCUT2D eigenvalue weighted by Gasteiger charge is -2.32. The largest absolute Gasteiger partial charge is 0.393 e. The number of nitriles is 1. The molecule has 0 radical (unpaired) electrons. The minimum atomic E-state index is -0.369. The molecule has 2 heterocycles. The first kappa shape index (κ1) is 17.2. The van der Waals surface area contributed by atoms with Gasteiger partial charge in [0.2, 0.25) is 0 Å². The first-order chi connectivity index (χ1) is 12.1. The van der Waals surface area contributed by atoms with Gasteiger partial charge < -0.3 is 15.3 Å². The van der Waals surface area contributed by atoms with Gasteiger partial charge in [0, 0.05) is 25.0 Å². The molecule has 1 fully saturated rings. The number of halogens is 1. The zero-order valence-corrected chi connectivity index (χ0v) is 14.1. The molecule has 1 aliphatic heterocycles. The Labute approximate surface area is 146 Å². The van der Waals surface area contributed by atoms with Crippen LogP contribution in [0.25, 0.3) is 0 Å². The van der Waals surface area contributed by atoms with E-state index in [-0.39, 0.29) is 18.0 Å². The highest BCUT2D eigenvalue weighted by molar-refractivity contribution is 5.66. The Morgan fingerprint density at radius 2 is 2.08 bits per heavy atom. The molecule has 0 aliphatic carbocycles. The van der Waals surface area contributed by atoms with Crippen LogP contribution in [0.4, 0.5) is 15.8 Å². The molecular formula is C19H21FN4O. The molecule has 130 valence electrons. The number of anilines is 2. The Kier molecular flexibility index (Phi) is 5.15. The Bertz CT molecular complexity index is 781. The summed E-state index contributed by atoms with van der Waals surface area (Å²) in [4.78, 5) is 6.00. The van der Waals surface area contributed by atoms with Crippen LogP contribution < -0.4 is 10.2 Å². The van der Waals surface area contributed by atoms with E-state index >= 15 is 0 Å². The number of nitrogens with zero attached hydrogens (tertiary/aromatic N) is 3. The van der Waals surface area contributed by atoms with Crippen molar-refractivity contribution in [3.63, 3.8) is 0 Å². The van der Waals surface area contributed by atoms with Gasteiger partial charge >= 0.3 is 0 Å². The molecule has 1 aliphatic rings. The number of hydrogen-bond donors (Lipinski definition) is 2. The molecule has 1 saturated heterocycles. The van der Waals surface area contributed by atoms with Gasteiger partial charge in [-0.15, -0.1) is 0 Å². The van der Waals surface area contributed by atoms with E-state index in [2.05, 4.69) is 21.3 Å². The van der Waals surface area contributed by atoms with Gasteiger partial charge in [0.15, 0.2) is 0 Å². The van der Waals surface area contributed by atoms with E-state index in [9.17, 15) is 14.8 Å². The maximum Gasteiger partial charge on any atom is 0.141 e. The number of pyridine rings is 1. The highest BCUT2D eigenvalue weighted by Gasteiger charge is 2.19. The number of nitrogens with one attached hydrogen (secondary N) is 1. The normalized spacial score (nSPS) is 16.3. The Morgan fingerprint density at radius 3 is 2.76 bits per heavy atom. The monoisotopic (exact) mass is 340 g/mol. The van der Waals surface area contributed by atoms with E-state index in [1.807, 2.05) is 25.1 Å². The average molecular weight is 340 g/mol. The molecule has 0 spiro atoms. The minimum absolute atomic E-state index is 0.134. The molecular weight excluding hydrogens is 319 g/mol. The number of aliphatic hydroxyl groups is 1. The van der Waals surface area contributed by atoms with Gasteiger partial charge in [-0.05, 0) is 49.6 Å². The summed E-state index contributed by atoms with van der Waals surface area (Å²) in [5, 5.41) is 22.4. The number of rotatable bonds is 4. The van der Waals surface area contributed by atoms with Crippen molar-refractivity contribution < 1.29 is 9.50 Å². The SMILES string of the molecule is CC(Nc1ccc(N2CCC(O)CC2)c(C#N)c1)c1cncc(F)c1. The van der Waals surface area contributed by atoms with Crippen molar-refractivity contribution >= 4 is 11.4 Å². The molecule has 1 atom stereocenters. The molecule has 3 rings (SSSR count). The maximum absolute atomic E-state index is 13.3. The zero-order chi connectivity index (χ0) is 17.8. The van der Waals surface area contributed by atoms with Crippen LogP contribution >= 0.6 is 0 Å². The summed E-state index contributed by atoms with van der Waals surface area (Å²) >= 11 is 0. The van der Waals surface area contributed by atoms with E-state index in [1.165, 1.54) is 12.3 Å². The highest BCUT2D eigenvalue weighted by Crippen LogP contribution is 2.28. The van der Waals surface area contributed by atoms with Crippen molar-refractivity contribution in [3.05, 3.63) is 53.6 Å². The van der Waals surface area contributed by atoms with Crippen molar-refractivity contribution in [1.29, 1.82) is 5.26 Å². The molecule has 6 heteroatoms. The van der Waals surface area contributed by atoms with Gasteiger partial charge in [-0.25, -0.2) is 4.39 Å². The van der Waals surface area contributed by atoms with E-state index in [0.717, 1.165) is 30.0 Å². The quantitative estimate of drug-likeness (QED) is 0.894. The summed E-state index contributed by atoms with van der Waals surface area (Å²) in [6, 6.07) is 9.22. The lowest BCUT2D eigenvalue weighted by atomic mass is 10.0. The molecule has 0 bridgehead atoms. The van der Waals surface area contributed by atoms with Gasteiger partial charge in [-0.2, -0.15) is 5.26 Å². The summed E-state index contributed by atoms with van der Waals surface area (Å²) in [6.07, 6.45) is 3.99. The van der Waals surface area contributed by atoms with Crippen molar-refractivity contribution in [2.75, 3.05) is 23.3 Å². The lowest BCUT2D eigenvalue weighted by molar-refractivity contribution is 0.145. The second kappa shape index (κ2) is 7.49. The minimum Gasteiger partial charge on any atom is -0.393 e. The second-order valence-electron chi connectivity index (χ2n) is 6.36. The number of aliphatic hydroxyl groups excluding tert-OH is 1. The third kappa shape index (κ3) is 4.06. The van der Waals surface area contributed by atoms with E-state index < -0.39 is 0 Å². The van der Waals surface area contributed by atoms with Gasteiger partial charge in [-0.1, -0.05) is 0 Å². The standard InChI is InChI=1S/C19H21FN4O/c1-13(15-8-16(20)12-22-11-15)23-17-2-3-19(14(9-17)10-21)24-6-4-18(25)5-7-24/h2-3,8-9,11-13,18,23,25H,4-7H2,1H3. The third-order valence-electron chi connectivity index (χ3n) is 4.53. The van der Waals surface area contributed by atoms with Crippen molar-refractivity contribution in [1.82, 2.24) is 4.98 Å². The van der Waals surface area contributed by atoms with Crippen LogP contribution in [0.15, 0.2) is 36.7 Å². The molecule has 2 N–H and O–H groups in total. The van der Waals surface area contributed by atoms with Crippen LogP contribution in [0.5, 0.6) is 0 Å². The smallest absolute Gasteiger partial charge is 0.141 e. The first-order valence-electron chi connectivity index (χ1n) is 8.41. The number of piperidine rings is 1. The lowest BCUT2D eigenvalue weighted by Crippen LogP contribution is -2.36. The molecule has 1 aromatic heterocycles. The topological polar surface area (TPSA) is 72.2 Å². The van der Waals surface area contributed by atoms with Crippen LogP contribution in [0, 0.1) is 17.1 Å². The number of benzene rings is 1. The van der Waals surface area contributed by atoms with E-state index in [1.54, 1.807) is 6.20 Å². The first-order valence-corrected chi connectivity index (χ1v) is 8.41. The molecule has 1 unspecified atom stereocenters. The van der Waals surface area contributed by atoms with Crippen molar-refractivity contribution in [2.45, 2.75) is 31.9 Å². The fourth-order valence-corrected chi connectivity index (χ4v) is 3.10. The number of aromatic nitrogens is 1. The van der Waals surface area contributed by atoms with Gasteiger partial charge in [-0.3, -0.25) is 4.98 Å². The Hall–Kier alpha value is -2.65. The van der Waals surface area contributed by atoms with E-state index in [0.29, 0.717) is 18.4 Å². The fraction of sp³-hybridized carbons (Fsp3) is 0.368. The third-order valence-corrected chi connectivity index (χ3v) is 4.53. The predicted molar refractivity (Wildman–Crippen MR) is 94.8 cm³/mol. The van der Waals surface area contributed by atoms with E-state index in [4.69, 9.17) is 0 Å². The van der Waals surface area contributed by atoms with Crippen LogP contribution in [0.3, 0.4) is 0 Å². The Balaban J connectivity index is 1.76. The summed E-state index contributed by atoms with van der Waals surface area (Å²) in [7, 11) is 0. The molecule has 1 aromatic carbocycles. The maximum atomic E-state index is 13.3. The Morgan fingerprint density at radius 1 is 1.32 bits per heavy atom. The fourth-order valence-electron chi connectivity index (χ4n) is 3.10. The van der Waals surface area contributed by atoms with Crippen molar-refractivity contribution in [3.8, 4) is 6.07 Å². The summed E-state index contributed by atoms with van der Waals surface area (Å²) in [5.41, 5.74) is 3.02. The molecule has 0 amide bonds. The zero-order valence-electron chi connectivity index (χ0n) is 14.1. The number of hydrogen-bond acceptors (Lipinski definition) is 5. The summed E-state index contributed by atoms with van der Waals surface area (Å²) in [5.74, 6) is -0.369. The summed E-state index contributed by atoms with van der Waals surface area (Å²) < 4.78 is 13.3. The molecule has 2 aromatic rings. The van der Waals surface area contributed by atoms with Crippen LogP contribution in [0.1, 0.15) is 36.9 Å². The predicted octanol–water partition coefficient (Wildman–Crippen LogP) is 3.23. The average Bonchev–Trinajstić information content (AvgIpc) is 2.62. The van der Waals surface area contributed by atoms with Gasteiger partial charge in [0.05, 0.1) is 29.6 Å². The van der Waals surface area contributed by atoms with Gasteiger partial charge in [0.25, 0.3) is 0 Å². The molecule has 25 heavy (non-hydrogen) atoms. The van der Waals surface area contributed by atoms with Gasteiger partial charge in [0.1, 0.15) is 11.9 Å². The van der Waals surface area contributed by atoms with Crippen molar-refractivity contribution in [2.24, 2.45) is 0 Å². The summed E-state index contributed by atoms with van der Waals surface area (Å²) in [6.45, 7) is 3.41. The second-order valence-corrected chi connectivity index (χ2v) is 6.36. The van der Waals surface area contributed by atoms with Crippen LogP contribution in [-0.2, 0) is 0 Å². The molecule has 0 saturated carbocycles. The van der Waals surface area contributed by atoms with Crippen LogP contribution in [-0.4, -0.2) is 29.3 Å².